The average Bonchev–Trinajstić information content (AvgIpc) is 2.95. The lowest BCUT2D eigenvalue weighted by atomic mass is 9.73. The molecule has 0 saturated carbocycles. The maximum Gasteiger partial charge on any atom is 0.573 e. The van der Waals surface area contributed by atoms with Gasteiger partial charge in [-0.2, -0.15) is 0 Å². The lowest BCUT2D eigenvalue weighted by molar-refractivity contribution is -0.274. The first-order chi connectivity index (χ1) is 12.5. The third kappa shape index (κ3) is 4.74. The molecule has 0 unspecified atom stereocenters. The molecule has 0 aromatic heterocycles. The number of rotatable bonds is 5. The zero-order valence-electron chi connectivity index (χ0n) is 14.9. The third-order valence-electron chi connectivity index (χ3n) is 5.53. The van der Waals surface area contributed by atoms with E-state index in [2.05, 4.69) is 9.64 Å². The normalized spacial score (nSPS) is 27.5. The number of aliphatic hydroxyl groups is 1. The second-order valence-corrected chi connectivity index (χ2v) is 9.43. The van der Waals surface area contributed by atoms with Crippen LogP contribution in [0.15, 0.2) is 24.3 Å². The average molecular weight is 408 g/mol. The minimum atomic E-state index is -4.71. The quantitative estimate of drug-likeness (QED) is 0.803. The minimum absolute atomic E-state index is 0.0267. The molecule has 152 valence electrons. The molecule has 2 aliphatic heterocycles. The fraction of sp³-hybridized carbons (Fsp3) is 0.647. The number of halogens is 3. The number of alkyl halides is 3. The number of hydrogen-bond donors (Lipinski definition) is 1. The molecule has 2 fully saturated rings. The van der Waals surface area contributed by atoms with Gasteiger partial charge in [-0.05, 0) is 36.6 Å². The van der Waals surface area contributed by atoms with E-state index in [9.17, 15) is 26.7 Å². The number of hydrogen-bond acceptors (Lipinski definition) is 5. The molecule has 3 rings (SSSR count). The van der Waals surface area contributed by atoms with Crippen LogP contribution in [0.3, 0.4) is 0 Å². The second kappa shape index (κ2) is 7.23. The molecular weight excluding hydrogens is 385 g/mol. The Morgan fingerprint density at radius 2 is 1.93 bits per heavy atom. The molecule has 0 spiro atoms. The summed E-state index contributed by atoms with van der Waals surface area (Å²) in [5.41, 5.74) is 0.434. The highest BCUT2D eigenvalue weighted by atomic mass is 32.2. The Labute approximate surface area is 156 Å². The van der Waals surface area contributed by atoms with Gasteiger partial charge in [-0.1, -0.05) is 12.1 Å². The van der Waals surface area contributed by atoms with E-state index in [0.717, 1.165) is 5.56 Å². The highest BCUT2D eigenvalue weighted by molar-refractivity contribution is 7.88. The van der Waals surface area contributed by atoms with Crippen molar-refractivity contribution < 1.29 is 31.4 Å². The van der Waals surface area contributed by atoms with Crippen molar-refractivity contribution >= 4 is 10.0 Å². The number of likely N-dealkylation sites (tertiary alicyclic amines) is 1. The number of fused-ring (bicyclic) bond motifs is 1. The molecule has 1 aromatic carbocycles. The van der Waals surface area contributed by atoms with Crippen molar-refractivity contribution in [1.29, 1.82) is 0 Å². The molecule has 1 aromatic rings. The van der Waals surface area contributed by atoms with Crippen molar-refractivity contribution in [1.82, 2.24) is 9.21 Å². The molecule has 0 aliphatic carbocycles. The summed E-state index contributed by atoms with van der Waals surface area (Å²) in [6.45, 7) is 2.53. The van der Waals surface area contributed by atoms with E-state index in [-0.39, 0.29) is 18.3 Å². The molecule has 0 bridgehead atoms. The Morgan fingerprint density at radius 3 is 2.48 bits per heavy atom. The van der Waals surface area contributed by atoms with Gasteiger partial charge in [0.25, 0.3) is 0 Å². The molecule has 6 nitrogen and oxygen atoms in total. The number of piperidine rings is 1. The summed E-state index contributed by atoms with van der Waals surface area (Å²) in [5, 5.41) is 9.89. The third-order valence-corrected chi connectivity index (χ3v) is 6.75. The van der Waals surface area contributed by atoms with E-state index in [4.69, 9.17) is 0 Å². The number of nitrogens with zero attached hydrogens (tertiary/aromatic N) is 2. The van der Waals surface area contributed by atoms with Gasteiger partial charge in [0.2, 0.25) is 10.0 Å². The van der Waals surface area contributed by atoms with Crippen molar-refractivity contribution in [2.45, 2.75) is 19.3 Å². The summed E-state index contributed by atoms with van der Waals surface area (Å²) in [6.07, 6.45) is -2.86. The first kappa shape index (κ1) is 20.4. The van der Waals surface area contributed by atoms with Crippen LogP contribution in [0.25, 0.3) is 0 Å². The van der Waals surface area contributed by atoms with E-state index >= 15 is 0 Å². The molecule has 2 aliphatic rings. The molecule has 2 saturated heterocycles. The Bertz CT molecular complexity index is 769. The molecule has 10 heteroatoms. The monoisotopic (exact) mass is 408 g/mol. The SMILES string of the molecule is CS(=O)(=O)N1C[C@H]2CN(Cc3ccc(OC(F)(F)F)cc3)CC[C@@]2(CO)C1. The van der Waals surface area contributed by atoms with Crippen molar-refractivity contribution in [2.75, 3.05) is 39.0 Å². The summed E-state index contributed by atoms with van der Waals surface area (Å²) < 4.78 is 65.7. The van der Waals surface area contributed by atoms with Gasteiger partial charge < -0.3 is 9.84 Å². The van der Waals surface area contributed by atoms with Gasteiger partial charge in [-0.3, -0.25) is 4.90 Å². The maximum atomic E-state index is 12.2. The Hall–Kier alpha value is -1.36. The van der Waals surface area contributed by atoms with E-state index < -0.39 is 21.8 Å². The van der Waals surface area contributed by atoms with E-state index in [1.165, 1.54) is 22.7 Å². The fourth-order valence-corrected chi connectivity index (χ4v) is 4.95. The first-order valence-corrected chi connectivity index (χ1v) is 10.5. The van der Waals surface area contributed by atoms with Gasteiger partial charge in [0.05, 0.1) is 12.9 Å². The van der Waals surface area contributed by atoms with Crippen molar-refractivity contribution in [3.8, 4) is 5.75 Å². The molecule has 27 heavy (non-hydrogen) atoms. The highest BCUT2D eigenvalue weighted by Crippen LogP contribution is 2.43. The van der Waals surface area contributed by atoms with Crippen LogP contribution in [0.1, 0.15) is 12.0 Å². The highest BCUT2D eigenvalue weighted by Gasteiger charge is 2.51. The number of benzene rings is 1. The summed E-state index contributed by atoms with van der Waals surface area (Å²) in [4.78, 5) is 2.14. The van der Waals surface area contributed by atoms with Crippen LogP contribution in [-0.4, -0.2) is 68.1 Å². The van der Waals surface area contributed by atoms with E-state index in [1.807, 2.05) is 0 Å². The van der Waals surface area contributed by atoms with Gasteiger partial charge >= 0.3 is 6.36 Å². The van der Waals surface area contributed by atoms with E-state index in [1.54, 1.807) is 12.1 Å². The predicted octanol–water partition coefficient (Wildman–Crippen LogP) is 1.66. The van der Waals surface area contributed by atoms with Crippen LogP contribution in [-0.2, 0) is 16.6 Å². The Morgan fingerprint density at radius 1 is 1.26 bits per heavy atom. The molecule has 2 atom stereocenters. The summed E-state index contributed by atoms with van der Waals surface area (Å²) in [5.74, 6) is -0.234. The molecule has 0 radical (unpaired) electrons. The molecule has 2 heterocycles. The van der Waals surface area contributed by atoms with Crippen molar-refractivity contribution in [3.63, 3.8) is 0 Å². The van der Waals surface area contributed by atoms with E-state index in [0.29, 0.717) is 39.1 Å². The van der Waals surface area contributed by atoms with Crippen molar-refractivity contribution in [2.24, 2.45) is 11.3 Å². The number of aliphatic hydroxyl groups excluding tert-OH is 1. The minimum Gasteiger partial charge on any atom is -0.406 e. The van der Waals surface area contributed by atoms with Crippen LogP contribution >= 0.6 is 0 Å². The fourth-order valence-electron chi connectivity index (χ4n) is 4.01. The van der Waals surface area contributed by atoms with Gasteiger partial charge in [0.1, 0.15) is 5.75 Å². The predicted molar refractivity (Wildman–Crippen MR) is 92.4 cm³/mol. The largest absolute Gasteiger partial charge is 0.573 e. The Balaban J connectivity index is 1.64. The lowest BCUT2D eigenvalue weighted by Crippen LogP contribution is -2.48. The van der Waals surface area contributed by atoms with Gasteiger partial charge in [0, 0.05) is 31.6 Å². The number of ether oxygens (including phenoxy) is 1. The molecule has 1 N–H and O–H groups in total. The summed E-state index contributed by atoms with van der Waals surface area (Å²) in [7, 11) is -3.31. The maximum absolute atomic E-state index is 12.2. The first-order valence-electron chi connectivity index (χ1n) is 8.64. The zero-order valence-corrected chi connectivity index (χ0v) is 15.8. The van der Waals surface area contributed by atoms with Crippen LogP contribution in [0.2, 0.25) is 0 Å². The topological polar surface area (TPSA) is 70.1 Å². The van der Waals surface area contributed by atoms with Gasteiger partial charge in [-0.15, -0.1) is 13.2 Å². The van der Waals surface area contributed by atoms with Crippen LogP contribution in [0, 0.1) is 11.3 Å². The van der Waals surface area contributed by atoms with Crippen LogP contribution < -0.4 is 4.74 Å². The smallest absolute Gasteiger partial charge is 0.406 e. The molecular formula is C17H23F3N2O4S. The summed E-state index contributed by atoms with van der Waals surface area (Å²) in [6, 6.07) is 5.75. The standard InChI is InChI=1S/C17H23F3N2O4S/c1-27(24,25)22-10-14-9-21(7-6-16(14,11-22)12-23)8-13-2-4-15(5-3-13)26-17(18,19)20/h2-5,14,23H,6-12H2,1H3/t14-,16+/m1/s1. The zero-order chi connectivity index (χ0) is 19.9. The number of sulfonamides is 1. The van der Waals surface area contributed by atoms with Gasteiger partial charge in [0.15, 0.2) is 0 Å². The van der Waals surface area contributed by atoms with Crippen LogP contribution in [0.5, 0.6) is 5.75 Å². The Kier molecular flexibility index (Phi) is 5.46. The van der Waals surface area contributed by atoms with Gasteiger partial charge in [-0.25, -0.2) is 12.7 Å². The summed E-state index contributed by atoms with van der Waals surface area (Å²) >= 11 is 0. The van der Waals surface area contributed by atoms with Crippen molar-refractivity contribution in [3.05, 3.63) is 29.8 Å². The lowest BCUT2D eigenvalue weighted by Gasteiger charge is -2.42. The second-order valence-electron chi connectivity index (χ2n) is 7.45. The van der Waals surface area contributed by atoms with Crippen LogP contribution in [0.4, 0.5) is 13.2 Å². The molecule has 0 amide bonds.